The maximum absolute atomic E-state index is 13.4. The molecular weight excluding hydrogens is 464 g/mol. The van der Waals surface area contributed by atoms with E-state index < -0.39 is 15.9 Å². The lowest BCUT2D eigenvalue weighted by atomic mass is 9.98. The molecule has 33 heavy (non-hydrogen) atoms. The van der Waals surface area contributed by atoms with Crippen LogP contribution in [-0.2, 0) is 21.2 Å². The van der Waals surface area contributed by atoms with Crippen LogP contribution in [0, 0.1) is 12.8 Å². The number of halogens is 1. The lowest BCUT2D eigenvalue weighted by Gasteiger charge is -2.31. The summed E-state index contributed by atoms with van der Waals surface area (Å²) < 4.78 is 33.2. The van der Waals surface area contributed by atoms with E-state index in [1.165, 1.54) is 22.0 Å². The smallest absolute Gasteiger partial charge is 0.244 e. The second-order valence-electron chi connectivity index (χ2n) is 8.02. The van der Waals surface area contributed by atoms with Gasteiger partial charge in [-0.15, -0.1) is 0 Å². The molecule has 8 nitrogen and oxygen atoms in total. The van der Waals surface area contributed by atoms with Gasteiger partial charge in [-0.2, -0.15) is 9.29 Å². The summed E-state index contributed by atoms with van der Waals surface area (Å²) in [7, 11) is -3.93. The highest BCUT2D eigenvalue weighted by Gasteiger charge is 2.34. The third kappa shape index (κ3) is 5.10. The van der Waals surface area contributed by atoms with Gasteiger partial charge in [-0.25, -0.2) is 8.42 Å². The van der Waals surface area contributed by atoms with Crippen LogP contribution in [0.3, 0.4) is 0 Å². The Morgan fingerprint density at radius 2 is 2.00 bits per heavy atom. The lowest BCUT2D eigenvalue weighted by molar-refractivity contribution is -0.120. The molecule has 1 aliphatic heterocycles. The van der Waals surface area contributed by atoms with Gasteiger partial charge in [0.05, 0.1) is 10.9 Å². The normalized spacial score (nSPS) is 17.1. The van der Waals surface area contributed by atoms with Gasteiger partial charge in [0.15, 0.2) is 0 Å². The Morgan fingerprint density at radius 3 is 2.67 bits per heavy atom. The minimum atomic E-state index is -3.93. The first-order chi connectivity index (χ1) is 15.8. The van der Waals surface area contributed by atoms with Gasteiger partial charge in [0, 0.05) is 31.3 Å². The highest BCUT2D eigenvalue weighted by Crippen LogP contribution is 2.31. The van der Waals surface area contributed by atoms with E-state index in [1.54, 1.807) is 13.0 Å². The van der Waals surface area contributed by atoms with Crippen molar-refractivity contribution < 1.29 is 17.7 Å². The third-order valence-corrected chi connectivity index (χ3v) is 8.07. The molecule has 3 aromatic rings. The fourth-order valence-electron chi connectivity index (χ4n) is 3.84. The Hall–Kier alpha value is -2.75. The van der Waals surface area contributed by atoms with E-state index in [9.17, 15) is 13.2 Å². The second-order valence-corrected chi connectivity index (χ2v) is 10.3. The van der Waals surface area contributed by atoms with Crippen LogP contribution in [0.5, 0.6) is 0 Å². The summed E-state index contributed by atoms with van der Waals surface area (Å²) in [5.74, 6) is 0.00615. The number of anilines is 1. The minimum absolute atomic E-state index is 0.0414. The molecule has 0 spiro atoms. The first-order valence-electron chi connectivity index (χ1n) is 10.8. The molecule has 0 unspecified atom stereocenters. The summed E-state index contributed by atoms with van der Waals surface area (Å²) in [6.07, 6.45) is 2.11. The topological polar surface area (TPSA) is 105 Å². The molecule has 1 saturated heterocycles. The number of carbonyl (C=O) groups excluding carboxylic acids is 1. The second kappa shape index (κ2) is 9.62. The first-order valence-corrected chi connectivity index (χ1v) is 12.6. The van der Waals surface area contributed by atoms with E-state index >= 15 is 0 Å². The third-order valence-electron chi connectivity index (χ3n) is 5.72. The average molecular weight is 489 g/mol. The fraction of sp³-hybridized carbons (Fsp3) is 0.348. The SMILES string of the molecule is CCc1ccc(NC(=O)[C@H]2CCCN(S(=O)(=O)c3cc(-c4noc(C)n4)ccc3Cl)C2)cc1. The van der Waals surface area contributed by atoms with E-state index in [2.05, 4.69) is 22.4 Å². The predicted molar refractivity (Wildman–Crippen MR) is 125 cm³/mol. The zero-order valence-electron chi connectivity index (χ0n) is 18.4. The van der Waals surface area contributed by atoms with Crippen molar-refractivity contribution in [2.45, 2.75) is 38.0 Å². The van der Waals surface area contributed by atoms with Crippen LogP contribution >= 0.6 is 11.6 Å². The minimum Gasteiger partial charge on any atom is -0.339 e. The van der Waals surface area contributed by atoms with Gasteiger partial charge < -0.3 is 9.84 Å². The predicted octanol–water partition coefficient (Wildman–Crippen LogP) is 4.30. The van der Waals surface area contributed by atoms with Crippen LogP contribution in [0.15, 0.2) is 51.9 Å². The summed E-state index contributed by atoms with van der Waals surface area (Å²) in [4.78, 5) is 17.0. The van der Waals surface area contributed by atoms with Crippen molar-refractivity contribution in [1.29, 1.82) is 0 Å². The van der Waals surface area contributed by atoms with E-state index in [0.29, 0.717) is 36.5 Å². The first kappa shape index (κ1) is 23.4. The Bertz CT molecular complexity index is 1260. The number of hydrogen-bond donors (Lipinski definition) is 1. The maximum atomic E-state index is 13.4. The van der Waals surface area contributed by atoms with Gasteiger partial charge in [0.25, 0.3) is 0 Å². The number of amides is 1. The molecule has 4 rings (SSSR count). The largest absolute Gasteiger partial charge is 0.339 e. The summed E-state index contributed by atoms with van der Waals surface area (Å²) >= 11 is 6.27. The standard InChI is InChI=1S/C23H25ClN4O4S/c1-3-16-6-9-19(10-7-16)26-23(29)18-5-4-12-28(14-18)33(30,31)21-13-17(8-11-20(21)24)22-25-15(2)32-27-22/h6-11,13,18H,3-5,12,14H2,1-2H3,(H,26,29)/t18-/m0/s1. The zero-order valence-corrected chi connectivity index (χ0v) is 20.0. The number of sulfonamides is 1. The van der Waals surface area contributed by atoms with Gasteiger partial charge in [-0.3, -0.25) is 4.79 Å². The van der Waals surface area contributed by atoms with Crippen molar-refractivity contribution in [3.63, 3.8) is 0 Å². The summed E-state index contributed by atoms with van der Waals surface area (Å²) in [6, 6.07) is 12.2. The van der Waals surface area contributed by atoms with Crippen LogP contribution in [0.1, 0.15) is 31.2 Å². The molecule has 174 valence electrons. The number of rotatable bonds is 6. The van der Waals surface area contributed by atoms with Crippen LogP contribution in [0.4, 0.5) is 5.69 Å². The Labute approximate surface area is 198 Å². The summed E-state index contributed by atoms with van der Waals surface area (Å²) in [5.41, 5.74) is 2.36. The number of piperidine rings is 1. The molecule has 1 amide bonds. The molecule has 1 aliphatic rings. The molecule has 1 aromatic heterocycles. The van der Waals surface area contributed by atoms with Crippen molar-refractivity contribution in [3.8, 4) is 11.4 Å². The molecule has 0 saturated carbocycles. The Kier molecular flexibility index (Phi) is 6.83. The molecule has 0 bridgehead atoms. The highest BCUT2D eigenvalue weighted by molar-refractivity contribution is 7.89. The van der Waals surface area contributed by atoms with Crippen molar-refractivity contribution in [3.05, 3.63) is 58.9 Å². The van der Waals surface area contributed by atoms with Crippen LogP contribution < -0.4 is 5.32 Å². The molecule has 1 atom stereocenters. The molecule has 2 aromatic carbocycles. The van der Waals surface area contributed by atoms with Crippen molar-refractivity contribution in [2.75, 3.05) is 18.4 Å². The summed E-state index contributed by atoms with van der Waals surface area (Å²) in [5, 5.41) is 6.85. The highest BCUT2D eigenvalue weighted by atomic mass is 35.5. The Balaban J connectivity index is 1.52. The van der Waals surface area contributed by atoms with Crippen LogP contribution in [-0.4, -0.2) is 41.9 Å². The van der Waals surface area contributed by atoms with Crippen molar-refractivity contribution in [1.82, 2.24) is 14.4 Å². The molecular formula is C23H25ClN4O4S. The van der Waals surface area contributed by atoms with Gasteiger partial charge in [0.2, 0.25) is 27.6 Å². The van der Waals surface area contributed by atoms with Gasteiger partial charge in [-0.05, 0) is 55.2 Å². The number of nitrogens with zero attached hydrogens (tertiary/aromatic N) is 3. The lowest BCUT2D eigenvalue weighted by Crippen LogP contribution is -2.43. The monoisotopic (exact) mass is 488 g/mol. The number of carbonyl (C=O) groups is 1. The van der Waals surface area contributed by atoms with Crippen LogP contribution in [0.2, 0.25) is 5.02 Å². The fourth-order valence-corrected chi connectivity index (χ4v) is 5.86. The molecule has 0 radical (unpaired) electrons. The average Bonchev–Trinajstić information content (AvgIpc) is 3.26. The van der Waals surface area contributed by atoms with Crippen molar-refractivity contribution in [2.24, 2.45) is 5.92 Å². The molecule has 10 heteroatoms. The molecule has 2 heterocycles. The summed E-state index contributed by atoms with van der Waals surface area (Å²) in [6.45, 7) is 4.12. The molecule has 1 N–H and O–H groups in total. The van der Waals surface area contributed by atoms with Crippen molar-refractivity contribution >= 4 is 33.2 Å². The zero-order chi connectivity index (χ0) is 23.6. The van der Waals surface area contributed by atoms with E-state index in [1.807, 2.05) is 24.3 Å². The van der Waals surface area contributed by atoms with Gasteiger partial charge in [0.1, 0.15) is 4.90 Å². The number of aromatic nitrogens is 2. The van der Waals surface area contributed by atoms with E-state index in [4.69, 9.17) is 16.1 Å². The molecule has 1 fully saturated rings. The number of benzene rings is 2. The van der Waals surface area contributed by atoms with E-state index in [-0.39, 0.29) is 28.2 Å². The van der Waals surface area contributed by atoms with Gasteiger partial charge >= 0.3 is 0 Å². The maximum Gasteiger partial charge on any atom is 0.244 e. The van der Waals surface area contributed by atoms with Crippen LogP contribution in [0.25, 0.3) is 11.4 Å². The Morgan fingerprint density at radius 1 is 1.24 bits per heavy atom. The van der Waals surface area contributed by atoms with Gasteiger partial charge in [-0.1, -0.05) is 35.8 Å². The molecule has 0 aliphatic carbocycles. The quantitative estimate of drug-likeness (QED) is 0.554. The number of aryl methyl sites for hydroxylation is 2. The van der Waals surface area contributed by atoms with E-state index in [0.717, 1.165) is 6.42 Å². The number of nitrogens with one attached hydrogen (secondary N) is 1. The number of hydrogen-bond acceptors (Lipinski definition) is 6.